The molecular formula is C24H31N7O2S. The van der Waals surface area contributed by atoms with Crippen LogP contribution in [0.4, 0.5) is 5.82 Å². The van der Waals surface area contributed by atoms with E-state index in [0.717, 1.165) is 50.8 Å². The van der Waals surface area contributed by atoms with E-state index in [1.165, 1.54) is 0 Å². The zero-order valence-corrected chi connectivity index (χ0v) is 21.3. The van der Waals surface area contributed by atoms with E-state index in [9.17, 15) is 0 Å². The van der Waals surface area contributed by atoms with E-state index in [0.29, 0.717) is 11.9 Å². The van der Waals surface area contributed by atoms with Crippen molar-refractivity contribution in [3.05, 3.63) is 30.2 Å². The van der Waals surface area contributed by atoms with Crippen molar-refractivity contribution in [2.45, 2.75) is 57.9 Å². The Morgan fingerprint density at radius 3 is 2.44 bits per heavy atom. The number of hydrogen-bond donors (Lipinski definition) is 1. The van der Waals surface area contributed by atoms with Gasteiger partial charge in [-0.2, -0.15) is 5.10 Å². The molecule has 0 radical (unpaired) electrons. The Morgan fingerprint density at radius 1 is 1.12 bits per heavy atom. The number of methoxy groups -OCH3 is 2. The van der Waals surface area contributed by atoms with Crippen molar-refractivity contribution in [2.24, 2.45) is 7.05 Å². The minimum Gasteiger partial charge on any atom is -0.379 e. The number of aromatic nitrogens is 6. The molecule has 0 amide bonds. The highest BCUT2D eigenvalue weighted by atomic mass is 32.1. The lowest BCUT2D eigenvalue weighted by molar-refractivity contribution is -0.0157. The second-order valence-electron chi connectivity index (χ2n) is 9.13. The number of thiophene rings is 1. The van der Waals surface area contributed by atoms with Crippen molar-refractivity contribution in [1.82, 2.24) is 29.3 Å². The Balaban J connectivity index is 1.61. The van der Waals surface area contributed by atoms with E-state index in [4.69, 9.17) is 24.5 Å². The van der Waals surface area contributed by atoms with Gasteiger partial charge < -0.3 is 19.4 Å². The molecular weight excluding hydrogens is 450 g/mol. The van der Waals surface area contributed by atoms with Crippen LogP contribution in [0, 0.1) is 6.92 Å². The van der Waals surface area contributed by atoms with Crippen LogP contribution < -0.4 is 5.32 Å². The SMILES string of the molecule is COC1CC(Nc2nc(-c3nccn3C)nc3sc(-c4ccn(C(C)C)n4)c(C)c23)CC1OC. The molecule has 5 rings (SSSR count). The van der Waals surface area contributed by atoms with E-state index in [2.05, 4.69) is 37.1 Å². The first-order valence-electron chi connectivity index (χ1n) is 11.6. The third kappa shape index (κ3) is 3.99. The van der Waals surface area contributed by atoms with Gasteiger partial charge in [-0.3, -0.25) is 4.68 Å². The van der Waals surface area contributed by atoms with Crippen LogP contribution in [0.5, 0.6) is 0 Å². The maximum absolute atomic E-state index is 5.66. The van der Waals surface area contributed by atoms with E-state index < -0.39 is 0 Å². The van der Waals surface area contributed by atoms with Crippen LogP contribution >= 0.6 is 11.3 Å². The summed E-state index contributed by atoms with van der Waals surface area (Å²) < 4.78 is 15.2. The molecule has 0 aromatic carbocycles. The first-order valence-corrected chi connectivity index (χ1v) is 12.4. The first-order chi connectivity index (χ1) is 16.4. The lowest BCUT2D eigenvalue weighted by Gasteiger charge is -2.15. The van der Waals surface area contributed by atoms with Gasteiger partial charge in [0.05, 0.1) is 22.5 Å². The molecule has 2 atom stereocenters. The summed E-state index contributed by atoms with van der Waals surface area (Å²) in [6.45, 7) is 6.38. The van der Waals surface area contributed by atoms with E-state index >= 15 is 0 Å². The summed E-state index contributed by atoms with van der Waals surface area (Å²) in [6, 6.07) is 2.56. The van der Waals surface area contributed by atoms with Crippen LogP contribution in [0.3, 0.4) is 0 Å². The Bertz CT molecular complexity index is 1300. The highest BCUT2D eigenvalue weighted by Gasteiger charge is 2.35. The van der Waals surface area contributed by atoms with Crippen molar-refractivity contribution in [2.75, 3.05) is 19.5 Å². The minimum atomic E-state index is 0.0629. The minimum absolute atomic E-state index is 0.0629. The summed E-state index contributed by atoms with van der Waals surface area (Å²) >= 11 is 1.65. The Hall–Kier alpha value is -2.82. The summed E-state index contributed by atoms with van der Waals surface area (Å²) in [6.07, 6.45) is 7.54. The molecule has 9 nitrogen and oxygen atoms in total. The second kappa shape index (κ2) is 9.09. The van der Waals surface area contributed by atoms with E-state index in [1.807, 2.05) is 28.7 Å². The standard InChI is InChI=1S/C24H31N7O2S/c1-13(2)31-9-7-16(29-31)20-14(3)19-21(26-15-11-17(32-5)18(12-15)33-6)27-22(28-24(19)34-20)23-25-8-10-30(23)4/h7-10,13,15,17-18H,11-12H2,1-6H3,(H,26,27,28). The molecule has 1 N–H and O–H groups in total. The van der Waals surface area contributed by atoms with Crippen LogP contribution in [0.2, 0.25) is 0 Å². The van der Waals surface area contributed by atoms with Gasteiger partial charge in [-0.15, -0.1) is 11.3 Å². The van der Waals surface area contributed by atoms with Crippen LogP contribution in [-0.2, 0) is 16.5 Å². The molecule has 2 unspecified atom stereocenters. The number of fused-ring (bicyclic) bond motifs is 1. The lowest BCUT2D eigenvalue weighted by Crippen LogP contribution is -2.23. The maximum atomic E-state index is 5.66. The lowest BCUT2D eigenvalue weighted by atomic mass is 10.1. The molecule has 4 aromatic heterocycles. The highest BCUT2D eigenvalue weighted by Crippen LogP contribution is 2.41. The molecule has 0 saturated heterocycles. The molecule has 0 aliphatic heterocycles. The van der Waals surface area contributed by atoms with Gasteiger partial charge in [0.2, 0.25) is 0 Å². The molecule has 10 heteroatoms. The van der Waals surface area contributed by atoms with Gasteiger partial charge in [-0.05, 0) is 45.2 Å². The third-order valence-corrected chi connectivity index (χ3v) is 7.78. The van der Waals surface area contributed by atoms with Gasteiger partial charge in [0.25, 0.3) is 0 Å². The number of aryl methyl sites for hydroxylation is 2. The average Bonchev–Trinajstić information content (AvgIpc) is 3.59. The number of nitrogens with zero attached hydrogens (tertiary/aromatic N) is 6. The van der Waals surface area contributed by atoms with E-state index in [1.54, 1.807) is 31.8 Å². The van der Waals surface area contributed by atoms with Crippen molar-refractivity contribution in [1.29, 1.82) is 0 Å². The quantitative estimate of drug-likeness (QED) is 0.417. The zero-order chi connectivity index (χ0) is 24.0. The summed E-state index contributed by atoms with van der Waals surface area (Å²) in [4.78, 5) is 16.4. The maximum Gasteiger partial charge on any atom is 0.199 e. The van der Waals surface area contributed by atoms with Gasteiger partial charge in [-0.1, -0.05) is 0 Å². The number of rotatable bonds is 7. The fraction of sp³-hybridized carbons (Fsp3) is 0.500. The normalized spacial score (nSPS) is 20.6. The summed E-state index contributed by atoms with van der Waals surface area (Å²) in [5, 5.41) is 9.54. The predicted octanol–water partition coefficient (Wildman–Crippen LogP) is 4.45. The third-order valence-electron chi connectivity index (χ3n) is 6.58. The van der Waals surface area contributed by atoms with Gasteiger partial charge >= 0.3 is 0 Å². The van der Waals surface area contributed by atoms with Crippen LogP contribution in [0.1, 0.15) is 38.3 Å². The molecule has 34 heavy (non-hydrogen) atoms. The van der Waals surface area contributed by atoms with Crippen LogP contribution in [0.15, 0.2) is 24.7 Å². The number of nitrogens with one attached hydrogen (secondary N) is 1. The van der Waals surface area contributed by atoms with Crippen LogP contribution in [-0.4, -0.2) is 61.8 Å². The molecule has 1 fully saturated rings. The largest absolute Gasteiger partial charge is 0.379 e. The molecule has 180 valence electrons. The second-order valence-corrected chi connectivity index (χ2v) is 10.1. The number of ether oxygens (including phenoxy) is 2. The Labute approximate surface area is 203 Å². The molecule has 4 aromatic rings. The molecule has 1 saturated carbocycles. The molecule has 0 bridgehead atoms. The molecule has 1 aliphatic rings. The highest BCUT2D eigenvalue weighted by molar-refractivity contribution is 7.22. The molecule has 4 heterocycles. The fourth-order valence-corrected chi connectivity index (χ4v) is 5.83. The Morgan fingerprint density at radius 2 is 1.85 bits per heavy atom. The number of imidazole rings is 1. The first kappa shape index (κ1) is 22.9. The smallest absolute Gasteiger partial charge is 0.199 e. The number of anilines is 1. The van der Waals surface area contributed by atoms with Crippen molar-refractivity contribution in [3.63, 3.8) is 0 Å². The molecule has 0 spiro atoms. The van der Waals surface area contributed by atoms with Gasteiger partial charge in [-0.25, -0.2) is 15.0 Å². The summed E-state index contributed by atoms with van der Waals surface area (Å²) in [5.41, 5.74) is 2.09. The average molecular weight is 482 g/mol. The van der Waals surface area contributed by atoms with Crippen molar-refractivity contribution < 1.29 is 9.47 Å². The van der Waals surface area contributed by atoms with Crippen molar-refractivity contribution in [3.8, 4) is 22.2 Å². The van der Waals surface area contributed by atoms with Crippen molar-refractivity contribution >= 4 is 27.4 Å². The summed E-state index contributed by atoms with van der Waals surface area (Å²) in [5.74, 6) is 2.16. The van der Waals surface area contributed by atoms with E-state index in [-0.39, 0.29) is 18.2 Å². The van der Waals surface area contributed by atoms with Gasteiger partial charge in [0.1, 0.15) is 16.3 Å². The Kier molecular flexibility index (Phi) is 6.13. The monoisotopic (exact) mass is 481 g/mol. The number of hydrogen-bond acceptors (Lipinski definition) is 8. The van der Waals surface area contributed by atoms with Gasteiger partial charge in [0, 0.05) is 51.9 Å². The summed E-state index contributed by atoms with van der Waals surface area (Å²) in [7, 11) is 5.44. The van der Waals surface area contributed by atoms with Gasteiger partial charge in [0.15, 0.2) is 11.6 Å². The molecule has 1 aliphatic carbocycles. The predicted molar refractivity (Wildman–Crippen MR) is 134 cm³/mol. The fourth-order valence-electron chi connectivity index (χ4n) is 4.68. The topological polar surface area (TPSA) is 91.9 Å². The zero-order valence-electron chi connectivity index (χ0n) is 20.4. The van der Waals surface area contributed by atoms with Crippen LogP contribution in [0.25, 0.3) is 32.4 Å².